The molecule has 5 aromatic carbocycles. The number of halogens is 3. The molecule has 0 spiro atoms. The molecule has 200 valence electrons. The van der Waals surface area contributed by atoms with Crippen LogP contribution in [0.5, 0.6) is 11.5 Å². The van der Waals surface area contributed by atoms with Gasteiger partial charge >= 0.3 is 230 Å². The van der Waals surface area contributed by atoms with Gasteiger partial charge < -0.3 is 0 Å². The molecule has 2 aliphatic heterocycles. The number of benzene rings is 5. The van der Waals surface area contributed by atoms with E-state index in [1.54, 1.807) is 24.3 Å². The van der Waals surface area contributed by atoms with Crippen LogP contribution in [0.2, 0.25) is 0 Å². The maximum atomic E-state index is 16.0. The van der Waals surface area contributed by atoms with E-state index in [1.807, 2.05) is 91.0 Å². The molecule has 0 fully saturated rings. The molecule has 3 nitrogen and oxygen atoms in total. The summed E-state index contributed by atoms with van der Waals surface area (Å²) < 4.78 is 66.7. The number of hydrogen-bond acceptors (Lipinski definition) is 3. The van der Waals surface area contributed by atoms with Gasteiger partial charge in [-0.25, -0.2) is 0 Å². The molecule has 1 atom stereocenters. The molecule has 0 amide bonds. The molecule has 7 rings (SSSR count). The van der Waals surface area contributed by atoms with Gasteiger partial charge in [0.15, 0.2) is 0 Å². The number of ether oxygens (including phenoxy) is 2. The van der Waals surface area contributed by atoms with Crippen LogP contribution in [0.4, 0.5) is 13.2 Å². The van der Waals surface area contributed by atoms with Crippen LogP contribution in [0.15, 0.2) is 133 Å². The molecule has 0 N–H and O–H groups in total. The number of alkyl halides is 3. The van der Waals surface area contributed by atoms with Gasteiger partial charge in [0, 0.05) is 0 Å². The molecule has 1 unspecified atom stereocenters. The summed E-state index contributed by atoms with van der Waals surface area (Å²) in [7, 11) is 0. The number of rotatable bonds is 4. The van der Waals surface area contributed by atoms with Crippen molar-refractivity contribution in [2.45, 2.75) is 11.8 Å². The quantitative estimate of drug-likeness (QED) is 0.243. The molecular weight excluding hydrogens is 532 g/mol. The Hall–Kier alpha value is -4.12. The summed E-state index contributed by atoms with van der Waals surface area (Å²) in [6, 6.07) is 39.0. The van der Waals surface area contributed by atoms with Crippen LogP contribution in [0, 0.1) is 0 Å². The zero-order chi connectivity index (χ0) is 27.5. The first-order valence-corrected chi connectivity index (χ1v) is 15.0. The summed E-state index contributed by atoms with van der Waals surface area (Å²) in [5.41, 5.74) is -2.80. The molecule has 40 heavy (non-hydrogen) atoms. The molecular formula is C33H24F3O3P. The topological polar surface area (TPSA) is 27.7 Å². The molecule has 0 saturated carbocycles. The third-order valence-electron chi connectivity index (χ3n) is 7.98. The second-order valence-electron chi connectivity index (χ2n) is 9.90. The summed E-state index contributed by atoms with van der Waals surface area (Å²) in [6.07, 6.45) is -4.84. The summed E-state index contributed by atoms with van der Waals surface area (Å²) in [6.45, 7) is -4.67. The van der Waals surface area contributed by atoms with Gasteiger partial charge in [0.1, 0.15) is 0 Å². The van der Waals surface area contributed by atoms with Crippen LogP contribution in [0.1, 0.15) is 11.1 Å². The van der Waals surface area contributed by atoms with Gasteiger partial charge in [-0.3, -0.25) is 0 Å². The van der Waals surface area contributed by atoms with E-state index in [9.17, 15) is 0 Å². The van der Waals surface area contributed by atoms with Crippen LogP contribution in [0.25, 0.3) is 0 Å². The second kappa shape index (κ2) is 8.69. The molecule has 0 saturated heterocycles. The van der Waals surface area contributed by atoms with Crippen molar-refractivity contribution in [3.8, 4) is 11.5 Å². The van der Waals surface area contributed by atoms with Crippen molar-refractivity contribution in [1.82, 2.24) is 0 Å². The second-order valence-corrected chi connectivity index (χ2v) is 14.2. The van der Waals surface area contributed by atoms with Crippen LogP contribution in [-0.2, 0) is 10.1 Å². The van der Waals surface area contributed by atoms with E-state index in [0.717, 1.165) is 0 Å². The van der Waals surface area contributed by atoms with Gasteiger partial charge in [0.2, 0.25) is 0 Å². The van der Waals surface area contributed by atoms with Gasteiger partial charge in [-0.15, -0.1) is 0 Å². The van der Waals surface area contributed by atoms with Gasteiger partial charge in [-0.05, 0) is 0 Å². The van der Waals surface area contributed by atoms with Crippen LogP contribution in [-0.4, -0.2) is 13.0 Å². The van der Waals surface area contributed by atoms with Crippen molar-refractivity contribution in [3.05, 3.63) is 145 Å². The van der Waals surface area contributed by atoms with Crippen molar-refractivity contribution in [2.75, 3.05) is 6.79 Å². The Bertz CT molecular complexity index is 1590. The first kappa shape index (κ1) is 24.9. The Kier molecular flexibility index (Phi) is 5.41. The third kappa shape index (κ3) is 3.03. The van der Waals surface area contributed by atoms with Crippen molar-refractivity contribution in [2.24, 2.45) is 0 Å². The Balaban J connectivity index is 1.78. The maximum absolute atomic E-state index is 16.0. The molecule has 2 heterocycles. The van der Waals surface area contributed by atoms with E-state index in [-0.39, 0.29) is 23.7 Å². The predicted molar refractivity (Wildman–Crippen MR) is 152 cm³/mol. The fraction of sp³-hybridized carbons (Fsp3) is 0.0909. The molecule has 0 bridgehead atoms. The van der Waals surface area contributed by atoms with Crippen molar-refractivity contribution in [3.63, 3.8) is 0 Å². The summed E-state index contributed by atoms with van der Waals surface area (Å²) >= 11 is 0. The Morgan fingerprint density at radius 1 is 0.575 bits per heavy atom. The normalized spacial score (nSPS) is 21.2. The van der Waals surface area contributed by atoms with Crippen molar-refractivity contribution in [1.29, 1.82) is 0 Å². The van der Waals surface area contributed by atoms with Gasteiger partial charge in [0.05, 0.1) is 0 Å². The Labute approximate surface area is 229 Å². The van der Waals surface area contributed by atoms with E-state index in [0.29, 0.717) is 27.0 Å². The Morgan fingerprint density at radius 2 is 1.00 bits per heavy atom. The molecule has 7 heteroatoms. The summed E-state index contributed by atoms with van der Waals surface area (Å²) in [5, 5.41) is 2.43. The van der Waals surface area contributed by atoms with E-state index in [4.69, 9.17) is 14.0 Å². The van der Waals surface area contributed by atoms with Crippen molar-refractivity contribution >= 4 is 28.0 Å². The first-order chi connectivity index (χ1) is 19.4. The van der Waals surface area contributed by atoms with E-state index in [2.05, 4.69) is 0 Å². The molecule has 0 aromatic heterocycles. The van der Waals surface area contributed by atoms with E-state index < -0.39 is 18.6 Å². The van der Waals surface area contributed by atoms with Gasteiger partial charge in [-0.1, -0.05) is 0 Å². The first-order valence-electron chi connectivity index (χ1n) is 12.9. The SMILES string of the molecule is FC(F)(F)C1(c2ccccc2)OP(c2ccccc2)(c2ccccc2)(c2ccccc2)c2cc3c(cc21)OCO3. The zero-order valence-electron chi connectivity index (χ0n) is 21.2. The number of hydrogen-bond donors (Lipinski definition) is 0. The molecule has 2 aliphatic rings. The van der Waals surface area contributed by atoms with Crippen LogP contribution >= 0.6 is 6.83 Å². The minimum absolute atomic E-state index is 0.00286. The van der Waals surface area contributed by atoms with Gasteiger partial charge in [-0.2, -0.15) is 0 Å². The van der Waals surface area contributed by atoms with E-state index >= 15 is 13.2 Å². The number of fused-ring (bicyclic) bond motifs is 2. The predicted octanol–water partition coefficient (Wildman–Crippen LogP) is 6.32. The Morgan fingerprint density at radius 3 is 1.45 bits per heavy atom. The fourth-order valence-corrected chi connectivity index (χ4v) is 12.6. The molecule has 0 radical (unpaired) electrons. The third-order valence-corrected chi connectivity index (χ3v) is 13.8. The van der Waals surface area contributed by atoms with Crippen LogP contribution in [0.3, 0.4) is 0 Å². The monoisotopic (exact) mass is 556 g/mol. The minimum atomic E-state index is -4.84. The average Bonchev–Trinajstić information content (AvgIpc) is 3.58. The standard InChI is InChI=1S/C33H24F3O3P/c34-33(35,36)32(24-13-5-1-6-14-24)28-21-29-30(38-23-37-29)22-31(28)40(39-32,25-15-7-2-8-16-25,26-17-9-3-10-18-26)27-19-11-4-12-20-27/h1-22H,23H2. The van der Waals surface area contributed by atoms with Crippen molar-refractivity contribution < 1.29 is 27.2 Å². The average molecular weight is 557 g/mol. The fourth-order valence-electron chi connectivity index (χ4n) is 6.35. The van der Waals surface area contributed by atoms with Gasteiger partial charge in [0.25, 0.3) is 0 Å². The van der Waals surface area contributed by atoms with Crippen LogP contribution < -0.4 is 30.7 Å². The zero-order valence-corrected chi connectivity index (χ0v) is 22.1. The molecule has 0 aliphatic carbocycles. The van der Waals surface area contributed by atoms with E-state index in [1.165, 1.54) is 18.2 Å². The summed E-state index contributed by atoms with van der Waals surface area (Å²) in [4.78, 5) is 0. The molecule has 5 aromatic rings. The summed E-state index contributed by atoms with van der Waals surface area (Å²) in [5.74, 6) is 0.657.